The van der Waals surface area contributed by atoms with Crippen LogP contribution in [0.5, 0.6) is 11.5 Å². The number of benzene rings is 2. The van der Waals surface area contributed by atoms with Crippen LogP contribution in [0.3, 0.4) is 0 Å². The zero-order valence-corrected chi connectivity index (χ0v) is 16.8. The van der Waals surface area contributed by atoms with E-state index in [0.29, 0.717) is 41.0 Å². The summed E-state index contributed by atoms with van der Waals surface area (Å²) in [7, 11) is 0. The predicted octanol–water partition coefficient (Wildman–Crippen LogP) is 3.92. The van der Waals surface area contributed by atoms with Gasteiger partial charge < -0.3 is 19.7 Å². The molecule has 0 aromatic heterocycles. The molecule has 1 N–H and O–H groups in total. The number of hydrogen-bond donors (Lipinski definition) is 1. The molecule has 0 bridgehead atoms. The van der Waals surface area contributed by atoms with Crippen LogP contribution in [0.4, 0.5) is 5.69 Å². The monoisotopic (exact) mass is 414 g/mol. The Bertz CT molecular complexity index is 925. The van der Waals surface area contributed by atoms with Crippen LogP contribution in [0, 0.1) is 0 Å². The van der Waals surface area contributed by atoms with Gasteiger partial charge >= 0.3 is 0 Å². The molecule has 29 heavy (non-hydrogen) atoms. The molecule has 0 radical (unpaired) electrons. The first-order valence-corrected chi connectivity index (χ1v) is 10.3. The number of rotatable bonds is 4. The Morgan fingerprint density at radius 2 is 1.83 bits per heavy atom. The van der Waals surface area contributed by atoms with E-state index in [9.17, 15) is 9.59 Å². The fourth-order valence-corrected chi connectivity index (χ4v) is 3.95. The highest BCUT2D eigenvalue weighted by atomic mass is 35.5. The Labute approximate surface area is 174 Å². The van der Waals surface area contributed by atoms with Crippen molar-refractivity contribution in [2.24, 2.45) is 0 Å². The van der Waals surface area contributed by atoms with E-state index in [1.54, 1.807) is 36.4 Å². The molecule has 2 heterocycles. The second kappa shape index (κ2) is 8.74. The molecule has 2 aromatic carbocycles. The van der Waals surface area contributed by atoms with Gasteiger partial charge in [0, 0.05) is 24.3 Å². The zero-order valence-electron chi connectivity index (χ0n) is 16.1. The van der Waals surface area contributed by atoms with Crippen LogP contribution in [0.15, 0.2) is 36.4 Å². The molecule has 6 nitrogen and oxygen atoms in total. The van der Waals surface area contributed by atoms with Gasteiger partial charge in [-0.3, -0.25) is 9.59 Å². The van der Waals surface area contributed by atoms with E-state index in [1.807, 2.05) is 4.90 Å². The Kier molecular flexibility index (Phi) is 5.90. The zero-order chi connectivity index (χ0) is 20.2. The minimum atomic E-state index is -0.194. The fourth-order valence-electron chi connectivity index (χ4n) is 3.67. The maximum absolute atomic E-state index is 12.7. The van der Waals surface area contributed by atoms with E-state index in [4.69, 9.17) is 21.1 Å². The third-order valence-corrected chi connectivity index (χ3v) is 5.34. The molecule has 0 spiro atoms. The number of anilines is 1. The number of piperidine rings is 1. The van der Waals surface area contributed by atoms with E-state index >= 15 is 0 Å². The number of nitrogens with one attached hydrogen (secondary N) is 1. The standard InChI is InChI=1S/C22H23ClN2O4/c23-18-11-15(12-19-21(18)29-10-9-28-19)13-20(26)24-17-6-4-5-16(14-17)22(27)25-7-2-1-3-8-25/h4-6,11-12,14H,1-3,7-10,13H2,(H,24,26). The van der Waals surface area contributed by atoms with Gasteiger partial charge in [-0.15, -0.1) is 0 Å². The van der Waals surface area contributed by atoms with Crippen molar-refractivity contribution in [1.82, 2.24) is 4.90 Å². The number of halogens is 1. The van der Waals surface area contributed by atoms with Crippen molar-refractivity contribution in [3.8, 4) is 11.5 Å². The molecule has 2 aliphatic heterocycles. The van der Waals surface area contributed by atoms with Crippen LogP contribution >= 0.6 is 11.6 Å². The van der Waals surface area contributed by atoms with E-state index in [2.05, 4.69) is 5.32 Å². The Balaban J connectivity index is 1.42. The third-order valence-electron chi connectivity index (χ3n) is 5.06. The number of amides is 2. The van der Waals surface area contributed by atoms with Crippen molar-refractivity contribution in [2.45, 2.75) is 25.7 Å². The lowest BCUT2D eigenvalue weighted by Crippen LogP contribution is -2.35. The summed E-state index contributed by atoms with van der Waals surface area (Å²) < 4.78 is 11.1. The summed E-state index contributed by atoms with van der Waals surface area (Å²) in [4.78, 5) is 27.1. The van der Waals surface area contributed by atoms with E-state index in [1.165, 1.54) is 6.42 Å². The lowest BCUT2D eigenvalue weighted by molar-refractivity contribution is -0.115. The highest BCUT2D eigenvalue weighted by Crippen LogP contribution is 2.38. The summed E-state index contributed by atoms with van der Waals surface area (Å²) in [6.07, 6.45) is 3.39. The summed E-state index contributed by atoms with van der Waals surface area (Å²) in [6.45, 7) is 2.50. The molecular formula is C22H23ClN2O4. The van der Waals surface area contributed by atoms with Crippen LogP contribution < -0.4 is 14.8 Å². The number of carbonyl (C=O) groups excluding carboxylic acids is 2. The van der Waals surface area contributed by atoms with Crippen molar-refractivity contribution >= 4 is 29.1 Å². The molecule has 2 aromatic rings. The van der Waals surface area contributed by atoms with Crippen LogP contribution in [0.25, 0.3) is 0 Å². The van der Waals surface area contributed by atoms with Crippen LogP contribution in [0.1, 0.15) is 35.2 Å². The first-order valence-electron chi connectivity index (χ1n) is 9.87. The molecule has 0 aliphatic carbocycles. The minimum Gasteiger partial charge on any atom is -0.486 e. The van der Waals surface area contributed by atoms with Gasteiger partial charge in [0.1, 0.15) is 13.2 Å². The molecule has 0 atom stereocenters. The number of carbonyl (C=O) groups is 2. The van der Waals surface area contributed by atoms with Gasteiger partial charge in [0.15, 0.2) is 11.5 Å². The summed E-state index contributed by atoms with van der Waals surface area (Å²) in [5, 5.41) is 3.29. The summed E-state index contributed by atoms with van der Waals surface area (Å²) in [5.74, 6) is 0.895. The molecule has 1 saturated heterocycles. The maximum Gasteiger partial charge on any atom is 0.253 e. The van der Waals surface area contributed by atoms with Gasteiger partial charge in [-0.25, -0.2) is 0 Å². The normalized spacial score (nSPS) is 15.7. The largest absolute Gasteiger partial charge is 0.486 e. The highest BCUT2D eigenvalue weighted by molar-refractivity contribution is 6.32. The molecule has 4 rings (SSSR count). The van der Waals surface area contributed by atoms with Crippen LogP contribution in [-0.4, -0.2) is 43.0 Å². The highest BCUT2D eigenvalue weighted by Gasteiger charge is 2.20. The summed E-state index contributed by atoms with van der Waals surface area (Å²) >= 11 is 6.24. The van der Waals surface area contributed by atoms with Crippen molar-refractivity contribution in [2.75, 3.05) is 31.6 Å². The van der Waals surface area contributed by atoms with Crippen molar-refractivity contribution in [3.05, 3.63) is 52.5 Å². The second-order valence-electron chi connectivity index (χ2n) is 7.26. The van der Waals surface area contributed by atoms with Gasteiger partial charge in [-0.05, 0) is 55.2 Å². The van der Waals surface area contributed by atoms with E-state index < -0.39 is 0 Å². The summed E-state index contributed by atoms with van der Waals surface area (Å²) in [6, 6.07) is 10.6. The number of nitrogens with zero attached hydrogens (tertiary/aromatic N) is 1. The molecular weight excluding hydrogens is 392 g/mol. The first-order chi connectivity index (χ1) is 14.1. The Hall–Kier alpha value is -2.73. The molecule has 152 valence electrons. The van der Waals surface area contributed by atoms with Gasteiger partial charge in [0.2, 0.25) is 5.91 Å². The van der Waals surface area contributed by atoms with Gasteiger partial charge in [0.25, 0.3) is 5.91 Å². The predicted molar refractivity (Wildman–Crippen MR) is 111 cm³/mol. The number of hydrogen-bond acceptors (Lipinski definition) is 4. The van der Waals surface area contributed by atoms with E-state index in [0.717, 1.165) is 31.5 Å². The number of likely N-dealkylation sites (tertiary alicyclic amines) is 1. The molecule has 1 fully saturated rings. The smallest absolute Gasteiger partial charge is 0.253 e. The van der Waals surface area contributed by atoms with Crippen molar-refractivity contribution in [1.29, 1.82) is 0 Å². The molecule has 2 aliphatic rings. The quantitative estimate of drug-likeness (QED) is 0.823. The first kappa shape index (κ1) is 19.6. The average molecular weight is 415 g/mol. The van der Waals surface area contributed by atoms with Crippen LogP contribution in [0.2, 0.25) is 5.02 Å². The summed E-state index contributed by atoms with van der Waals surface area (Å²) in [5.41, 5.74) is 1.92. The lowest BCUT2D eigenvalue weighted by atomic mass is 10.1. The molecule has 2 amide bonds. The lowest BCUT2D eigenvalue weighted by Gasteiger charge is -2.26. The average Bonchev–Trinajstić information content (AvgIpc) is 2.74. The fraction of sp³-hybridized carbons (Fsp3) is 0.364. The molecule has 0 unspecified atom stereocenters. The van der Waals surface area contributed by atoms with E-state index in [-0.39, 0.29) is 18.2 Å². The third kappa shape index (κ3) is 4.65. The Morgan fingerprint density at radius 3 is 2.66 bits per heavy atom. The minimum absolute atomic E-state index is 0.0133. The van der Waals surface area contributed by atoms with Crippen molar-refractivity contribution < 1.29 is 19.1 Å². The topological polar surface area (TPSA) is 67.9 Å². The van der Waals surface area contributed by atoms with Gasteiger partial charge in [-0.1, -0.05) is 17.7 Å². The second-order valence-corrected chi connectivity index (χ2v) is 7.67. The number of fused-ring (bicyclic) bond motifs is 1. The van der Waals surface area contributed by atoms with Crippen LogP contribution in [-0.2, 0) is 11.2 Å². The van der Waals surface area contributed by atoms with Crippen molar-refractivity contribution in [3.63, 3.8) is 0 Å². The Morgan fingerprint density at radius 1 is 1.03 bits per heavy atom. The maximum atomic E-state index is 12.7. The SMILES string of the molecule is O=C(Cc1cc(Cl)c2c(c1)OCCO2)Nc1cccc(C(=O)N2CCCCC2)c1. The molecule has 7 heteroatoms. The van der Waals surface area contributed by atoms with Gasteiger partial charge in [-0.2, -0.15) is 0 Å². The van der Waals surface area contributed by atoms with Gasteiger partial charge in [0.05, 0.1) is 11.4 Å². The number of ether oxygens (including phenoxy) is 2. The molecule has 0 saturated carbocycles.